The van der Waals surface area contributed by atoms with Gasteiger partial charge in [0, 0.05) is 31.1 Å². The predicted octanol–water partition coefficient (Wildman–Crippen LogP) is 3.00. The summed E-state index contributed by atoms with van der Waals surface area (Å²) in [4.78, 5) is 23.1. The van der Waals surface area contributed by atoms with E-state index in [1.54, 1.807) is 13.1 Å². The number of rotatable bonds is 4. The fraction of sp³-hybridized carbons (Fsp3) is 0.588. The van der Waals surface area contributed by atoms with Gasteiger partial charge in [0.2, 0.25) is 0 Å². The minimum atomic E-state index is -0.525. The lowest BCUT2D eigenvalue weighted by molar-refractivity contribution is -0.384. The average Bonchev–Trinajstić information content (AvgIpc) is 2.58. The first-order chi connectivity index (χ1) is 11.4. The number of nitro benzene ring substituents is 1. The Kier molecular flexibility index (Phi) is 4.21. The lowest BCUT2D eigenvalue weighted by atomic mass is 9.57. The molecule has 3 atom stereocenters. The first-order valence-electron chi connectivity index (χ1n) is 8.15. The summed E-state index contributed by atoms with van der Waals surface area (Å²) in [6.45, 7) is 4.82. The zero-order valence-corrected chi connectivity index (χ0v) is 14.1. The number of carbonyl (C=O) groups excluding carboxylic acids is 1. The second-order valence-electron chi connectivity index (χ2n) is 6.98. The van der Waals surface area contributed by atoms with Crippen molar-refractivity contribution >= 4 is 17.3 Å². The summed E-state index contributed by atoms with van der Waals surface area (Å²) in [5.41, 5.74) is 0.175. The molecule has 24 heavy (non-hydrogen) atoms. The molecule has 7 nitrogen and oxygen atoms in total. The quantitative estimate of drug-likeness (QED) is 0.517. The first kappa shape index (κ1) is 16.7. The smallest absolute Gasteiger partial charge is 0.338 e. The summed E-state index contributed by atoms with van der Waals surface area (Å²) in [5, 5.41) is 13.9. The zero-order valence-electron chi connectivity index (χ0n) is 14.1. The molecule has 130 valence electrons. The van der Waals surface area contributed by atoms with Crippen molar-refractivity contribution < 1.29 is 19.2 Å². The van der Waals surface area contributed by atoms with Gasteiger partial charge in [0.1, 0.15) is 11.8 Å². The van der Waals surface area contributed by atoms with Crippen LogP contribution in [0.1, 0.15) is 37.0 Å². The van der Waals surface area contributed by atoms with Gasteiger partial charge in [-0.15, -0.1) is 0 Å². The highest BCUT2D eigenvalue weighted by Gasteiger charge is 2.60. The van der Waals surface area contributed by atoms with E-state index in [1.165, 1.54) is 12.1 Å². The van der Waals surface area contributed by atoms with E-state index in [1.807, 2.05) is 13.8 Å². The van der Waals surface area contributed by atoms with Gasteiger partial charge in [-0.25, -0.2) is 4.79 Å². The topological polar surface area (TPSA) is 90.7 Å². The molecule has 1 saturated heterocycles. The van der Waals surface area contributed by atoms with Gasteiger partial charge in [0.05, 0.1) is 16.6 Å². The average molecular weight is 334 g/mol. The number of hydrogen-bond donors (Lipinski definition) is 1. The highest BCUT2D eigenvalue weighted by molar-refractivity contribution is 5.91. The third-order valence-corrected chi connectivity index (χ3v) is 5.16. The molecule has 1 aliphatic heterocycles. The van der Waals surface area contributed by atoms with Crippen LogP contribution in [0.3, 0.4) is 0 Å². The van der Waals surface area contributed by atoms with Crippen LogP contribution in [-0.2, 0) is 9.47 Å². The number of nitro groups is 1. The Balaban J connectivity index is 1.78. The third-order valence-electron chi connectivity index (χ3n) is 5.16. The summed E-state index contributed by atoms with van der Waals surface area (Å²) in [6.07, 6.45) is 1.83. The maximum absolute atomic E-state index is 12.5. The minimum absolute atomic E-state index is 0.116. The SMILES string of the molecule is CNc1ccc(C(=O)O[C@@H]2[C@H]3CCCO[C@H]3C2(C)C)cc1[N+](=O)[O-]. The third kappa shape index (κ3) is 2.62. The van der Waals surface area contributed by atoms with Gasteiger partial charge < -0.3 is 14.8 Å². The van der Waals surface area contributed by atoms with Crippen molar-refractivity contribution in [3.05, 3.63) is 33.9 Å². The Morgan fingerprint density at radius 1 is 1.46 bits per heavy atom. The van der Waals surface area contributed by atoms with Crippen LogP contribution in [0.15, 0.2) is 18.2 Å². The monoisotopic (exact) mass is 334 g/mol. The van der Waals surface area contributed by atoms with Gasteiger partial charge >= 0.3 is 5.97 Å². The van der Waals surface area contributed by atoms with Crippen molar-refractivity contribution in [2.45, 2.75) is 38.9 Å². The van der Waals surface area contributed by atoms with Gasteiger partial charge in [-0.3, -0.25) is 10.1 Å². The van der Waals surface area contributed by atoms with Crippen LogP contribution in [0.4, 0.5) is 11.4 Å². The molecule has 0 bridgehead atoms. The van der Waals surface area contributed by atoms with Crippen LogP contribution in [-0.4, -0.2) is 36.8 Å². The van der Waals surface area contributed by atoms with E-state index in [2.05, 4.69) is 5.32 Å². The lowest BCUT2D eigenvalue weighted by Crippen LogP contribution is -2.65. The Morgan fingerprint density at radius 3 is 2.88 bits per heavy atom. The number of nitrogens with zero attached hydrogens (tertiary/aromatic N) is 1. The fourth-order valence-electron chi connectivity index (χ4n) is 3.92. The predicted molar refractivity (Wildman–Crippen MR) is 88.1 cm³/mol. The van der Waals surface area contributed by atoms with Crippen LogP contribution in [0.25, 0.3) is 0 Å². The lowest BCUT2D eigenvalue weighted by Gasteiger charge is -2.58. The molecule has 1 aromatic carbocycles. The van der Waals surface area contributed by atoms with Crippen molar-refractivity contribution in [1.82, 2.24) is 0 Å². The van der Waals surface area contributed by atoms with E-state index in [9.17, 15) is 14.9 Å². The molecule has 1 N–H and O–H groups in total. The van der Waals surface area contributed by atoms with Crippen LogP contribution >= 0.6 is 0 Å². The molecule has 0 radical (unpaired) electrons. The molecule has 1 aromatic rings. The maximum Gasteiger partial charge on any atom is 0.338 e. The number of hydrogen-bond acceptors (Lipinski definition) is 6. The number of carbonyl (C=O) groups is 1. The van der Waals surface area contributed by atoms with Crippen molar-refractivity contribution in [1.29, 1.82) is 0 Å². The molecule has 0 unspecified atom stereocenters. The molecule has 0 spiro atoms. The molecular weight excluding hydrogens is 312 g/mol. The molecule has 1 heterocycles. The maximum atomic E-state index is 12.5. The number of esters is 1. The highest BCUT2D eigenvalue weighted by atomic mass is 16.6. The summed E-state index contributed by atoms with van der Waals surface area (Å²) in [6, 6.07) is 4.32. The second kappa shape index (κ2) is 6.05. The number of ether oxygens (including phenoxy) is 2. The van der Waals surface area contributed by atoms with Crippen LogP contribution in [0.5, 0.6) is 0 Å². The minimum Gasteiger partial charge on any atom is -0.458 e. The summed E-state index contributed by atoms with van der Waals surface area (Å²) in [7, 11) is 1.60. The second-order valence-corrected chi connectivity index (χ2v) is 6.98. The van der Waals surface area contributed by atoms with E-state index in [0.29, 0.717) is 5.69 Å². The molecule has 0 aromatic heterocycles. The van der Waals surface area contributed by atoms with Crippen molar-refractivity contribution in [3.8, 4) is 0 Å². The van der Waals surface area contributed by atoms with E-state index >= 15 is 0 Å². The standard InChI is InChI=1S/C17H22N2O5/c1-17(2)14-11(5-4-8-23-14)15(17)24-16(20)10-6-7-12(18-3)13(9-10)19(21)22/h6-7,9,11,14-15,18H,4-5,8H2,1-3H3/t11-,14+,15+/m0/s1. The van der Waals surface area contributed by atoms with Crippen molar-refractivity contribution in [2.75, 3.05) is 19.0 Å². The molecule has 1 aliphatic carbocycles. The normalized spacial score (nSPS) is 27.5. The molecule has 1 saturated carbocycles. The summed E-state index contributed by atoms with van der Waals surface area (Å²) in [5.74, 6) is -0.313. The molecule has 2 aliphatic rings. The number of benzene rings is 1. The molecule has 7 heteroatoms. The Bertz CT molecular complexity index is 673. The highest BCUT2D eigenvalue weighted by Crippen LogP contribution is 2.53. The number of anilines is 1. The summed E-state index contributed by atoms with van der Waals surface area (Å²) >= 11 is 0. The number of nitrogens with one attached hydrogen (secondary N) is 1. The Morgan fingerprint density at radius 2 is 2.21 bits per heavy atom. The van der Waals surface area contributed by atoms with E-state index < -0.39 is 10.9 Å². The van der Waals surface area contributed by atoms with Crippen LogP contribution in [0, 0.1) is 21.4 Å². The van der Waals surface area contributed by atoms with E-state index in [0.717, 1.165) is 19.4 Å². The van der Waals surface area contributed by atoms with Crippen LogP contribution < -0.4 is 5.32 Å². The van der Waals surface area contributed by atoms with Gasteiger partial charge in [0.25, 0.3) is 5.69 Å². The van der Waals surface area contributed by atoms with Crippen molar-refractivity contribution in [3.63, 3.8) is 0 Å². The molecule has 2 fully saturated rings. The molecule has 3 rings (SSSR count). The van der Waals surface area contributed by atoms with E-state index in [4.69, 9.17) is 9.47 Å². The van der Waals surface area contributed by atoms with Gasteiger partial charge in [-0.1, -0.05) is 13.8 Å². The van der Waals surface area contributed by atoms with Gasteiger partial charge in [-0.2, -0.15) is 0 Å². The fourth-order valence-corrected chi connectivity index (χ4v) is 3.92. The summed E-state index contributed by atoms with van der Waals surface area (Å²) < 4.78 is 11.5. The Hall–Kier alpha value is -2.15. The van der Waals surface area contributed by atoms with E-state index in [-0.39, 0.29) is 34.8 Å². The molecular formula is C17H22N2O5. The van der Waals surface area contributed by atoms with Crippen molar-refractivity contribution in [2.24, 2.45) is 11.3 Å². The number of fused-ring (bicyclic) bond motifs is 1. The zero-order chi connectivity index (χ0) is 17.5. The van der Waals surface area contributed by atoms with Gasteiger partial charge in [-0.05, 0) is 25.0 Å². The first-order valence-corrected chi connectivity index (χ1v) is 8.15. The van der Waals surface area contributed by atoms with Crippen LogP contribution in [0.2, 0.25) is 0 Å². The largest absolute Gasteiger partial charge is 0.458 e. The Labute approximate surface area is 140 Å². The molecule has 0 amide bonds. The van der Waals surface area contributed by atoms with Gasteiger partial charge in [0.15, 0.2) is 0 Å².